The van der Waals surface area contributed by atoms with Crippen molar-refractivity contribution in [3.8, 4) is 39.6 Å². The highest BCUT2D eigenvalue weighted by molar-refractivity contribution is 6.26. The molecule has 11 rings (SSSR count). The van der Waals surface area contributed by atoms with Crippen molar-refractivity contribution in [3.63, 3.8) is 0 Å². The molecule has 4 heterocycles. The summed E-state index contributed by atoms with van der Waals surface area (Å²) in [5.74, 6) is 0.654. The number of hydrogen-bond donors (Lipinski definition) is 0. The summed E-state index contributed by atoms with van der Waals surface area (Å²) in [6.45, 7) is 0. The van der Waals surface area contributed by atoms with Crippen molar-refractivity contribution in [2.75, 3.05) is 0 Å². The van der Waals surface area contributed by atoms with Gasteiger partial charge in [-0.2, -0.15) is 0 Å². The van der Waals surface area contributed by atoms with E-state index in [0.717, 1.165) is 33.5 Å². The molecule has 0 unspecified atom stereocenters. The van der Waals surface area contributed by atoms with Gasteiger partial charge in [0.05, 0.1) is 39.0 Å². The molecule has 50 heavy (non-hydrogen) atoms. The summed E-state index contributed by atoms with van der Waals surface area (Å²) in [7, 11) is 0. The van der Waals surface area contributed by atoms with Gasteiger partial charge < -0.3 is 4.40 Å². The second-order valence-corrected chi connectivity index (χ2v) is 13.0. The van der Waals surface area contributed by atoms with Crippen molar-refractivity contribution in [1.82, 2.24) is 18.9 Å². The predicted molar refractivity (Wildman–Crippen MR) is 207 cm³/mol. The molecular weight excluding hydrogens is 609 g/mol. The van der Waals surface area contributed by atoms with E-state index in [1.54, 1.807) is 0 Å². The molecule has 0 atom stereocenters. The first-order chi connectivity index (χ1) is 24.8. The van der Waals surface area contributed by atoms with Crippen molar-refractivity contribution in [3.05, 3.63) is 170 Å². The predicted octanol–water partition coefficient (Wildman–Crippen LogP) is 11.7. The Bertz CT molecular complexity index is 3060. The summed E-state index contributed by atoms with van der Waals surface area (Å²) in [6, 6.07) is 60.5. The number of para-hydroxylation sites is 3. The molecule has 0 amide bonds. The number of rotatable bonds is 4. The van der Waals surface area contributed by atoms with E-state index in [1.807, 2.05) is 12.1 Å². The topological polar surface area (TPSA) is 35.1 Å². The zero-order valence-electron chi connectivity index (χ0n) is 27.0. The van der Waals surface area contributed by atoms with Crippen LogP contribution in [-0.2, 0) is 0 Å². The van der Waals surface area contributed by atoms with E-state index in [1.165, 1.54) is 60.0 Å². The molecule has 0 fully saturated rings. The van der Waals surface area contributed by atoms with Crippen LogP contribution in [0, 0.1) is 0 Å². The molecule has 0 aliphatic rings. The van der Waals surface area contributed by atoms with Gasteiger partial charge in [-0.15, -0.1) is 0 Å². The molecule has 4 aromatic heterocycles. The molecule has 0 aliphatic heterocycles. The maximum absolute atomic E-state index is 5.32. The second-order valence-electron chi connectivity index (χ2n) is 13.0. The van der Waals surface area contributed by atoms with Crippen LogP contribution in [0.4, 0.5) is 0 Å². The lowest BCUT2D eigenvalue weighted by atomic mass is 10.0. The molecule has 4 nitrogen and oxygen atoms in total. The molecule has 4 heteroatoms. The second kappa shape index (κ2) is 10.4. The largest absolute Gasteiger partial charge is 0.308 e. The highest BCUT2D eigenvalue weighted by Crippen LogP contribution is 2.42. The summed E-state index contributed by atoms with van der Waals surface area (Å²) in [6.07, 6.45) is 0. The summed E-state index contributed by atoms with van der Waals surface area (Å²) in [5, 5.41) is 7.41. The molecule has 11 aromatic rings. The van der Waals surface area contributed by atoms with Crippen LogP contribution < -0.4 is 0 Å². The van der Waals surface area contributed by atoms with Crippen molar-refractivity contribution >= 4 is 59.9 Å². The van der Waals surface area contributed by atoms with Crippen molar-refractivity contribution in [2.45, 2.75) is 0 Å². The standard InChI is InChI=1S/C46H28N4/c1-3-12-29(13-4-1)30-22-24-32(25-23-30)40-28-39(31-14-5-2-6-15-31)47-46(48-40)50-42-21-10-8-17-34(42)37-26-43-38(27-44(37)50)36-19-11-18-35-33-16-7-9-20-41(33)49(43)45(35)36/h1-28H. The lowest BCUT2D eigenvalue weighted by Crippen LogP contribution is -2.04. The molecule has 0 saturated carbocycles. The minimum absolute atomic E-state index is 0.654. The van der Waals surface area contributed by atoms with Crippen LogP contribution in [0.15, 0.2) is 170 Å². The van der Waals surface area contributed by atoms with E-state index in [9.17, 15) is 0 Å². The number of benzene rings is 7. The third-order valence-corrected chi connectivity index (χ3v) is 10.3. The Kier molecular flexibility index (Phi) is 5.63. The van der Waals surface area contributed by atoms with Gasteiger partial charge in [0, 0.05) is 43.4 Å². The van der Waals surface area contributed by atoms with Gasteiger partial charge in [0.15, 0.2) is 0 Å². The van der Waals surface area contributed by atoms with Gasteiger partial charge in [-0.1, -0.05) is 140 Å². The third-order valence-electron chi connectivity index (χ3n) is 10.3. The van der Waals surface area contributed by atoms with Crippen LogP contribution in [0.2, 0.25) is 0 Å². The lowest BCUT2D eigenvalue weighted by molar-refractivity contribution is 0.996. The van der Waals surface area contributed by atoms with E-state index in [2.05, 4.69) is 167 Å². The first kappa shape index (κ1) is 27.2. The normalized spacial score (nSPS) is 12.0. The van der Waals surface area contributed by atoms with E-state index >= 15 is 0 Å². The fourth-order valence-electron chi connectivity index (χ4n) is 8.01. The van der Waals surface area contributed by atoms with Crippen molar-refractivity contribution in [2.24, 2.45) is 0 Å². The van der Waals surface area contributed by atoms with Gasteiger partial charge in [0.2, 0.25) is 5.95 Å². The Balaban J connectivity index is 1.20. The Morgan fingerprint density at radius 2 is 0.800 bits per heavy atom. The molecule has 232 valence electrons. The SMILES string of the molecule is c1ccc(-c2ccc(-c3cc(-c4ccccc4)nc(-n4c5ccccc5c5cc6c(cc54)c4cccc5c7ccccc7n6c54)n3)cc2)cc1. The van der Waals surface area contributed by atoms with Crippen LogP contribution in [0.1, 0.15) is 0 Å². The van der Waals surface area contributed by atoms with E-state index < -0.39 is 0 Å². The van der Waals surface area contributed by atoms with Gasteiger partial charge >= 0.3 is 0 Å². The fraction of sp³-hybridized carbons (Fsp3) is 0. The Labute approximate surface area is 287 Å². The minimum Gasteiger partial charge on any atom is -0.308 e. The van der Waals surface area contributed by atoms with Gasteiger partial charge in [-0.25, -0.2) is 9.97 Å². The first-order valence-corrected chi connectivity index (χ1v) is 17.0. The molecule has 0 saturated heterocycles. The van der Waals surface area contributed by atoms with Gasteiger partial charge in [0.25, 0.3) is 0 Å². The molecule has 0 bridgehead atoms. The molecular formula is C46H28N4. The van der Waals surface area contributed by atoms with Gasteiger partial charge in [0.1, 0.15) is 0 Å². The molecule has 7 aromatic carbocycles. The first-order valence-electron chi connectivity index (χ1n) is 17.0. The monoisotopic (exact) mass is 636 g/mol. The summed E-state index contributed by atoms with van der Waals surface area (Å²) < 4.78 is 4.70. The number of nitrogens with zero attached hydrogens (tertiary/aromatic N) is 4. The average molecular weight is 637 g/mol. The molecule has 0 N–H and O–H groups in total. The summed E-state index contributed by atoms with van der Waals surface area (Å²) in [4.78, 5) is 10.6. The minimum atomic E-state index is 0.654. The highest BCUT2D eigenvalue weighted by atomic mass is 15.2. The fourth-order valence-corrected chi connectivity index (χ4v) is 8.01. The van der Waals surface area contributed by atoms with Crippen LogP contribution in [-0.4, -0.2) is 18.9 Å². The lowest BCUT2D eigenvalue weighted by Gasteiger charge is -2.12. The van der Waals surface area contributed by atoms with E-state index in [0.29, 0.717) is 5.95 Å². The zero-order chi connectivity index (χ0) is 32.8. The zero-order valence-corrected chi connectivity index (χ0v) is 27.0. The Morgan fingerprint density at radius 1 is 0.320 bits per heavy atom. The molecule has 0 aliphatic carbocycles. The van der Waals surface area contributed by atoms with Gasteiger partial charge in [-0.05, 0) is 41.5 Å². The number of hydrogen-bond acceptors (Lipinski definition) is 2. The third kappa shape index (κ3) is 3.87. The quantitative estimate of drug-likeness (QED) is 0.193. The average Bonchev–Trinajstić information content (AvgIpc) is 3.82. The molecule has 0 spiro atoms. The summed E-state index contributed by atoms with van der Waals surface area (Å²) in [5.41, 5.74) is 12.1. The van der Waals surface area contributed by atoms with Crippen LogP contribution in [0.3, 0.4) is 0 Å². The maximum Gasteiger partial charge on any atom is 0.235 e. The van der Waals surface area contributed by atoms with Crippen LogP contribution >= 0.6 is 0 Å². The van der Waals surface area contributed by atoms with Gasteiger partial charge in [-0.3, -0.25) is 4.57 Å². The van der Waals surface area contributed by atoms with Crippen LogP contribution in [0.25, 0.3) is 99.5 Å². The summed E-state index contributed by atoms with van der Waals surface area (Å²) >= 11 is 0. The van der Waals surface area contributed by atoms with Crippen molar-refractivity contribution < 1.29 is 0 Å². The Hall–Kier alpha value is -6.78. The number of aromatic nitrogens is 4. The maximum atomic E-state index is 5.32. The van der Waals surface area contributed by atoms with E-state index in [4.69, 9.17) is 9.97 Å². The van der Waals surface area contributed by atoms with Crippen molar-refractivity contribution in [1.29, 1.82) is 0 Å². The number of fused-ring (bicyclic) bond motifs is 9. The van der Waals surface area contributed by atoms with E-state index in [-0.39, 0.29) is 0 Å². The molecule has 0 radical (unpaired) electrons. The Morgan fingerprint density at radius 3 is 1.52 bits per heavy atom. The highest BCUT2D eigenvalue weighted by Gasteiger charge is 2.22. The smallest absolute Gasteiger partial charge is 0.235 e. The van der Waals surface area contributed by atoms with Crippen LogP contribution in [0.5, 0.6) is 0 Å².